The molecule has 0 radical (unpaired) electrons. The molecule has 0 unspecified atom stereocenters. The van der Waals surface area contributed by atoms with Crippen LogP contribution in [0.1, 0.15) is 38.5 Å². The van der Waals surface area contributed by atoms with E-state index in [-0.39, 0.29) is 5.91 Å². The molecule has 1 fully saturated rings. The number of allylic oxidation sites excluding steroid dienone is 7. The fourth-order valence-corrected chi connectivity index (χ4v) is 6.35. The lowest BCUT2D eigenvalue weighted by molar-refractivity contribution is -0.848. The highest BCUT2D eigenvalue weighted by atomic mass is 15.7. The lowest BCUT2D eigenvalue weighted by atomic mass is 10.0. The first-order valence-electron chi connectivity index (χ1n) is 9.45. The van der Waals surface area contributed by atoms with Crippen molar-refractivity contribution in [3.8, 4) is 0 Å². The molecule has 8 heterocycles. The molecule has 0 aromatic rings. The van der Waals surface area contributed by atoms with Gasteiger partial charge in [-0.3, -0.25) is 0 Å². The molecule has 1 spiro atoms. The van der Waals surface area contributed by atoms with Crippen LogP contribution in [0.3, 0.4) is 0 Å². The zero-order valence-electron chi connectivity index (χ0n) is 14.0. The van der Waals surface area contributed by atoms with Crippen LogP contribution >= 0.6 is 0 Å². The van der Waals surface area contributed by atoms with Crippen molar-refractivity contribution in [2.75, 3.05) is 0 Å². The highest BCUT2D eigenvalue weighted by Crippen LogP contribution is 2.57. The van der Waals surface area contributed by atoms with E-state index in [0.29, 0.717) is 0 Å². The van der Waals surface area contributed by atoms with E-state index in [9.17, 15) is 0 Å². The Bertz CT molecular complexity index is 1100. The summed E-state index contributed by atoms with van der Waals surface area (Å²) in [5, 5.41) is 0. The van der Waals surface area contributed by atoms with Gasteiger partial charge in [0.1, 0.15) is 0 Å². The quantitative estimate of drug-likeness (QED) is 0.635. The Hall–Kier alpha value is -2.62. The zero-order chi connectivity index (χ0) is 15.9. The van der Waals surface area contributed by atoms with Gasteiger partial charge in [-0.15, -0.1) is 0 Å². The first-order chi connectivity index (χ1) is 12.4. The van der Waals surface area contributed by atoms with Crippen molar-refractivity contribution in [1.82, 2.24) is 9.80 Å². The molecule has 0 amide bonds. The Labute approximate surface area is 146 Å². The predicted molar refractivity (Wildman–Crippen MR) is 93.1 cm³/mol. The summed E-state index contributed by atoms with van der Waals surface area (Å²) in [6.45, 7) is 0. The summed E-state index contributed by atoms with van der Waals surface area (Å²) in [5.41, 5.74) is 11.9. The van der Waals surface area contributed by atoms with Gasteiger partial charge in [-0.1, -0.05) is 21.3 Å². The van der Waals surface area contributed by atoms with Gasteiger partial charge in [0.2, 0.25) is 5.70 Å². The summed E-state index contributed by atoms with van der Waals surface area (Å²) in [7, 11) is 0. The first-order valence-corrected chi connectivity index (χ1v) is 9.45. The smallest absolute Gasteiger partial charge is 0.207 e. The zero-order valence-corrected chi connectivity index (χ0v) is 14.0. The normalized spacial score (nSPS) is 34.6. The molecule has 0 N–H and O–H groups in total. The van der Waals surface area contributed by atoms with Crippen LogP contribution in [0.2, 0.25) is 0 Å². The molecule has 4 nitrogen and oxygen atoms in total. The van der Waals surface area contributed by atoms with Crippen molar-refractivity contribution in [2.45, 2.75) is 44.4 Å². The van der Waals surface area contributed by atoms with Crippen LogP contribution in [-0.2, 0) is 0 Å². The van der Waals surface area contributed by atoms with Gasteiger partial charge in [-0.05, 0) is 12.2 Å². The largest absolute Gasteiger partial charge is 0.551 e. The van der Waals surface area contributed by atoms with Crippen molar-refractivity contribution in [3.05, 3.63) is 70.6 Å². The lowest BCUT2D eigenvalue weighted by Gasteiger charge is -2.50. The summed E-state index contributed by atoms with van der Waals surface area (Å²) in [4.78, 5) is 5.34. The van der Waals surface area contributed by atoms with Gasteiger partial charge in [-0.25, -0.2) is 9.80 Å². The Morgan fingerprint density at radius 1 is 0.720 bits per heavy atom. The number of nitrogens with zero attached hydrogens (tertiary/aromatic N) is 4. The maximum atomic E-state index is 2.67. The molecule has 8 aliphatic rings. The van der Waals surface area contributed by atoms with Crippen LogP contribution in [0.4, 0.5) is 0 Å². The average Bonchev–Trinajstić information content (AvgIpc) is 3.38. The molecule has 0 saturated carbocycles. The van der Waals surface area contributed by atoms with E-state index < -0.39 is 0 Å². The second-order valence-corrected chi connectivity index (χ2v) is 8.16. The molecular formula is C21H18N4+2. The van der Waals surface area contributed by atoms with Crippen LogP contribution < -0.4 is 0 Å². The van der Waals surface area contributed by atoms with E-state index in [2.05, 4.69) is 55.4 Å². The second kappa shape index (κ2) is 3.36. The molecule has 1 atom stereocenters. The van der Waals surface area contributed by atoms with Gasteiger partial charge in [0, 0.05) is 47.8 Å². The first kappa shape index (κ1) is 11.9. The number of hydrogen-bond donors (Lipinski definition) is 0. The standard InChI is InChI=1S/C21H18N4/c1-2-14-10-16-5-6-18-12-20-8-7-19-11-17-4-3-15-9-13(1)22(14)21(23(15)17,24(16)18)25(19)20/h1,3,5,8,10-11H,2,4,6-7,9,12H2/q+2/t21-/m1/s1. The minimum absolute atomic E-state index is 0.245. The topological polar surface area (TPSA) is 12.5 Å². The summed E-state index contributed by atoms with van der Waals surface area (Å²) in [5.74, 6) is -0.245. The fourth-order valence-electron chi connectivity index (χ4n) is 6.35. The Morgan fingerprint density at radius 2 is 1.52 bits per heavy atom. The predicted octanol–water partition coefficient (Wildman–Crippen LogP) is 2.86. The monoisotopic (exact) mass is 326 g/mol. The molecule has 0 bridgehead atoms. The molecular weight excluding hydrogens is 308 g/mol. The van der Waals surface area contributed by atoms with Crippen LogP contribution in [0, 0.1) is 0 Å². The van der Waals surface area contributed by atoms with Crippen molar-refractivity contribution < 1.29 is 9.15 Å². The van der Waals surface area contributed by atoms with Gasteiger partial charge in [0.15, 0.2) is 17.1 Å². The van der Waals surface area contributed by atoms with E-state index in [1.807, 2.05) is 0 Å². The fraction of sp³-hybridized carbons (Fsp3) is 0.333. The maximum Gasteiger partial charge on any atom is 0.551 e. The summed E-state index contributed by atoms with van der Waals surface area (Å²) in [6.07, 6.45) is 21.2. The maximum absolute atomic E-state index is 2.67. The van der Waals surface area contributed by atoms with Gasteiger partial charge in [-0.2, -0.15) is 0 Å². The summed E-state index contributed by atoms with van der Waals surface area (Å²) >= 11 is 0. The van der Waals surface area contributed by atoms with Crippen LogP contribution in [0.15, 0.2) is 70.6 Å². The second-order valence-electron chi connectivity index (χ2n) is 8.16. The molecule has 25 heavy (non-hydrogen) atoms. The van der Waals surface area contributed by atoms with E-state index in [1.165, 1.54) is 39.9 Å². The third-order valence-corrected chi connectivity index (χ3v) is 7.08. The van der Waals surface area contributed by atoms with E-state index in [4.69, 9.17) is 0 Å². The van der Waals surface area contributed by atoms with Crippen molar-refractivity contribution in [2.24, 2.45) is 0 Å². The number of hydrogen-bond acceptors (Lipinski definition) is 2. The van der Waals surface area contributed by atoms with E-state index in [1.54, 1.807) is 5.71 Å². The van der Waals surface area contributed by atoms with Gasteiger partial charge in [0.25, 0.3) is 0 Å². The molecule has 120 valence electrons. The Kier molecular flexibility index (Phi) is 1.59. The Balaban J connectivity index is 1.61. The Morgan fingerprint density at radius 3 is 2.40 bits per heavy atom. The van der Waals surface area contributed by atoms with Crippen molar-refractivity contribution in [1.29, 1.82) is 0 Å². The summed E-state index contributed by atoms with van der Waals surface area (Å²) < 4.78 is 5.34. The SMILES string of the molecule is C1=C2CC=C3CC4=CCC5=[N+]4[C@@]4(N23)N2C(=C5)CC=C2CC2=[N+]4C1=CC2. The number of rotatable bonds is 0. The molecule has 8 rings (SSSR count). The lowest BCUT2D eigenvalue weighted by Crippen LogP contribution is -2.75. The molecule has 8 aliphatic heterocycles. The molecule has 4 heteroatoms. The molecule has 1 saturated heterocycles. The third-order valence-electron chi connectivity index (χ3n) is 7.08. The third kappa shape index (κ3) is 1.01. The molecule has 0 aromatic heterocycles. The van der Waals surface area contributed by atoms with Crippen LogP contribution in [0.5, 0.6) is 0 Å². The highest BCUT2D eigenvalue weighted by molar-refractivity contribution is 5.95. The van der Waals surface area contributed by atoms with E-state index in [0.717, 1.165) is 38.5 Å². The van der Waals surface area contributed by atoms with Gasteiger partial charge < -0.3 is 0 Å². The molecule has 0 aliphatic carbocycles. The minimum Gasteiger partial charge on any atom is -0.207 e. The van der Waals surface area contributed by atoms with E-state index >= 15 is 0 Å². The van der Waals surface area contributed by atoms with Crippen LogP contribution in [0.25, 0.3) is 0 Å². The van der Waals surface area contributed by atoms with Crippen molar-refractivity contribution in [3.63, 3.8) is 0 Å². The average molecular weight is 326 g/mol. The van der Waals surface area contributed by atoms with Gasteiger partial charge >= 0.3 is 5.91 Å². The van der Waals surface area contributed by atoms with Crippen LogP contribution in [-0.4, -0.2) is 36.3 Å². The highest BCUT2D eigenvalue weighted by Gasteiger charge is 2.77. The van der Waals surface area contributed by atoms with Crippen molar-refractivity contribution >= 4 is 11.4 Å². The van der Waals surface area contributed by atoms with Gasteiger partial charge in [0.05, 0.1) is 25.7 Å². The molecule has 0 aromatic carbocycles. The summed E-state index contributed by atoms with van der Waals surface area (Å²) in [6, 6.07) is 0. The minimum atomic E-state index is -0.245.